The second kappa shape index (κ2) is 4.38. The van der Waals surface area contributed by atoms with E-state index in [0.717, 1.165) is 47.3 Å². The van der Waals surface area contributed by atoms with Gasteiger partial charge in [-0.2, -0.15) is 11.8 Å². The number of fused-ring (bicyclic) bond motifs is 1. The van der Waals surface area contributed by atoms with Gasteiger partial charge in [-0.3, -0.25) is 0 Å². The minimum Gasteiger partial charge on any atom is -0.493 e. The molecule has 0 spiro atoms. The molecule has 2 nitrogen and oxygen atoms in total. The second-order valence-electron chi connectivity index (χ2n) is 4.86. The van der Waals surface area contributed by atoms with E-state index in [1.165, 1.54) is 5.56 Å². The highest BCUT2D eigenvalue weighted by molar-refractivity contribution is 7.99. The summed E-state index contributed by atoms with van der Waals surface area (Å²) in [5, 5.41) is 11.2. The van der Waals surface area contributed by atoms with E-state index in [9.17, 15) is 5.11 Å². The Morgan fingerprint density at radius 2 is 2.35 bits per heavy atom. The van der Waals surface area contributed by atoms with Crippen LogP contribution >= 0.6 is 23.4 Å². The average molecular weight is 271 g/mol. The fraction of sp³-hybridized carbons (Fsp3) is 0.538. The Morgan fingerprint density at radius 3 is 3.12 bits per heavy atom. The van der Waals surface area contributed by atoms with Crippen LogP contribution in [0.4, 0.5) is 0 Å². The van der Waals surface area contributed by atoms with Crippen LogP contribution < -0.4 is 4.74 Å². The second-order valence-corrected chi connectivity index (χ2v) is 6.40. The largest absolute Gasteiger partial charge is 0.493 e. The van der Waals surface area contributed by atoms with Gasteiger partial charge in [0.1, 0.15) is 5.75 Å². The van der Waals surface area contributed by atoms with Crippen LogP contribution in [0.25, 0.3) is 0 Å². The normalized spacial score (nSPS) is 26.9. The fourth-order valence-corrected chi connectivity index (χ4v) is 4.13. The number of rotatable bonds is 2. The van der Waals surface area contributed by atoms with Crippen LogP contribution in [-0.2, 0) is 12.8 Å². The molecule has 1 saturated heterocycles. The van der Waals surface area contributed by atoms with Crippen molar-refractivity contribution in [2.75, 3.05) is 18.1 Å². The molecule has 92 valence electrons. The zero-order valence-corrected chi connectivity index (χ0v) is 11.1. The monoisotopic (exact) mass is 270 g/mol. The lowest BCUT2D eigenvalue weighted by atomic mass is 9.92. The van der Waals surface area contributed by atoms with E-state index in [1.807, 2.05) is 23.9 Å². The average Bonchev–Trinajstić information content (AvgIpc) is 2.86. The van der Waals surface area contributed by atoms with Crippen LogP contribution in [0.15, 0.2) is 12.1 Å². The van der Waals surface area contributed by atoms with Crippen molar-refractivity contribution in [3.05, 3.63) is 28.3 Å². The Bertz CT molecular complexity index is 441. The molecule has 0 aliphatic carbocycles. The van der Waals surface area contributed by atoms with Crippen molar-refractivity contribution in [1.82, 2.24) is 0 Å². The number of ether oxygens (including phenoxy) is 1. The fourth-order valence-electron chi connectivity index (χ4n) is 2.57. The van der Waals surface area contributed by atoms with Crippen molar-refractivity contribution in [2.45, 2.75) is 24.9 Å². The molecule has 3 rings (SSSR count). The highest BCUT2D eigenvalue weighted by atomic mass is 35.5. The van der Waals surface area contributed by atoms with Gasteiger partial charge in [0.2, 0.25) is 0 Å². The number of hydrogen-bond acceptors (Lipinski definition) is 3. The number of halogens is 1. The molecule has 0 saturated carbocycles. The Hall–Kier alpha value is -0.380. The molecule has 4 heteroatoms. The van der Waals surface area contributed by atoms with E-state index in [0.29, 0.717) is 6.42 Å². The van der Waals surface area contributed by atoms with E-state index >= 15 is 0 Å². The summed E-state index contributed by atoms with van der Waals surface area (Å²) in [6, 6.07) is 3.91. The summed E-state index contributed by atoms with van der Waals surface area (Å²) in [6.45, 7) is 0.732. The van der Waals surface area contributed by atoms with E-state index in [1.54, 1.807) is 0 Å². The third kappa shape index (κ3) is 2.28. The van der Waals surface area contributed by atoms with Crippen molar-refractivity contribution >= 4 is 23.4 Å². The molecule has 1 unspecified atom stereocenters. The third-order valence-corrected chi connectivity index (χ3v) is 4.88. The topological polar surface area (TPSA) is 29.5 Å². The van der Waals surface area contributed by atoms with Gasteiger partial charge in [-0.1, -0.05) is 11.6 Å². The first kappa shape index (κ1) is 11.7. The molecule has 0 amide bonds. The quantitative estimate of drug-likeness (QED) is 0.896. The van der Waals surface area contributed by atoms with Crippen molar-refractivity contribution in [2.24, 2.45) is 0 Å². The summed E-state index contributed by atoms with van der Waals surface area (Å²) in [5.74, 6) is 2.81. The summed E-state index contributed by atoms with van der Waals surface area (Å²) < 4.78 is 5.66. The predicted octanol–water partition coefficient (Wildman–Crippen LogP) is 2.69. The van der Waals surface area contributed by atoms with Crippen molar-refractivity contribution in [1.29, 1.82) is 0 Å². The van der Waals surface area contributed by atoms with E-state index in [4.69, 9.17) is 16.3 Å². The van der Waals surface area contributed by atoms with Crippen molar-refractivity contribution < 1.29 is 9.84 Å². The molecule has 2 aliphatic heterocycles. The minimum atomic E-state index is -0.574. The van der Waals surface area contributed by atoms with Crippen molar-refractivity contribution in [3.63, 3.8) is 0 Å². The maximum atomic E-state index is 10.4. The van der Waals surface area contributed by atoms with E-state index in [2.05, 4.69) is 0 Å². The molecule has 17 heavy (non-hydrogen) atoms. The summed E-state index contributed by atoms with van der Waals surface area (Å²) >= 11 is 7.93. The van der Waals surface area contributed by atoms with Crippen molar-refractivity contribution in [3.8, 4) is 5.75 Å². The zero-order chi connectivity index (χ0) is 11.9. The van der Waals surface area contributed by atoms with Gasteiger partial charge in [0.25, 0.3) is 0 Å². The smallest absolute Gasteiger partial charge is 0.126 e. The Morgan fingerprint density at radius 1 is 1.47 bits per heavy atom. The molecule has 1 aromatic rings. The van der Waals surface area contributed by atoms with Gasteiger partial charge in [0.05, 0.1) is 12.2 Å². The van der Waals surface area contributed by atoms with Crippen LogP contribution in [0.2, 0.25) is 5.02 Å². The molecule has 0 aromatic heterocycles. The molecular formula is C13H15ClO2S. The molecule has 1 atom stereocenters. The predicted molar refractivity (Wildman–Crippen MR) is 71.2 cm³/mol. The number of aliphatic hydroxyl groups is 1. The van der Waals surface area contributed by atoms with Gasteiger partial charge in [-0.15, -0.1) is 0 Å². The molecule has 1 fully saturated rings. The highest BCUT2D eigenvalue weighted by Gasteiger charge is 2.33. The molecule has 2 heterocycles. The van der Waals surface area contributed by atoms with Crippen LogP contribution in [0.5, 0.6) is 5.75 Å². The van der Waals surface area contributed by atoms with Gasteiger partial charge in [-0.25, -0.2) is 0 Å². The maximum absolute atomic E-state index is 10.4. The van der Waals surface area contributed by atoms with Gasteiger partial charge in [-0.05, 0) is 35.4 Å². The van der Waals surface area contributed by atoms with Crippen LogP contribution in [0.1, 0.15) is 17.5 Å². The first-order valence-electron chi connectivity index (χ1n) is 5.91. The highest BCUT2D eigenvalue weighted by Crippen LogP contribution is 2.38. The lowest BCUT2D eigenvalue weighted by Crippen LogP contribution is -2.31. The Labute approximate surface area is 110 Å². The summed E-state index contributed by atoms with van der Waals surface area (Å²) in [7, 11) is 0. The summed E-state index contributed by atoms with van der Waals surface area (Å²) in [5.41, 5.74) is 1.67. The number of benzene rings is 1. The lowest BCUT2D eigenvalue weighted by Gasteiger charge is -2.22. The maximum Gasteiger partial charge on any atom is 0.126 e. The van der Waals surface area contributed by atoms with Crippen LogP contribution in [0.3, 0.4) is 0 Å². The molecular weight excluding hydrogens is 256 g/mol. The standard InChI is InChI=1S/C13H15ClO2S/c14-11-5-9-1-3-16-12(9)10(6-11)7-13(15)2-4-17-8-13/h5-6,15H,1-4,7-8H2. The number of thioether (sulfide) groups is 1. The Balaban J connectivity index is 1.92. The molecule has 0 bridgehead atoms. The van der Waals surface area contributed by atoms with Gasteiger partial charge in [0.15, 0.2) is 0 Å². The first-order chi connectivity index (χ1) is 8.16. The molecule has 1 N–H and O–H groups in total. The first-order valence-corrected chi connectivity index (χ1v) is 7.44. The van der Waals surface area contributed by atoms with Gasteiger partial charge < -0.3 is 9.84 Å². The molecule has 1 aromatic carbocycles. The third-order valence-electron chi connectivity index (χ3n) is 3.43. The number of hydrogen-bond donors (Lipinski definition) is 1. The SMILES string of the molecule is OC1(Cc2cc(Cl)cc3c2OCC3)CCSC1. The zero-order valence-electron chi connectivity index (χ0n) is 9.54. The summed E-state index contributed by atoms with van der Waals surface area (Å²) in [6.07, 6.45) is 2.44. The van der Waals surface area contributed by atoms with Gasteiger partial charge >= 0.3 is 0 Å². The van der Waals surface area contributed by atoms with Gasteiger partial charge in [0, 0.05) is 23.6 Å². The molecule has 0 radical (unpaired) electrons. The molecule has 2 aliphatic rings. The Kier molecular flexibility index (Phi) is 3.01. The summed E-state index contributed by atoms with van der Waals surface area (Å²) in [4.78, 5) is 0. The van der Waals surface area contributed by atoms with E-state index in [-0.39, 0.29) is 0 Å². The van der Waals surface area contributed by atoms with Crippen LogP contribution in [0, 0.1) is 0 Å². The lowest BCUT2D eigenvalue weighted by molar-refractivity contribution is 0.0679. The van der Waals surface area contributed by atoms with E-state index < -0.39 is 5.60 Å². The van der Waals surface area contributed by atoms with Crippen LogP contribution in [-0.4, -0.2) is 28.8 Å². The minimum absolute atomic E-state index is 0.574.